The average Bonchev–Trinajstić information content (AvgIpc) is 2.68. The van der Waals surface area contributed by atoms with Crippen molar-refractivity contribution < 1.29 is 17.9 Å². The molecule has 2 aromatic rings. The van der Waals surface area contributed by atoms with Crippen LogP contribution < -0.4 is 4.74 Å². The Bertz CT molecular complexity index is 807. The fourth-order valence-electron chi connectivity index (χ4n) is 4.17. The lowest BCUT2D eigenvalue weighted by Gasteiger charge is -2.33. The van der Waals surface area contributed by atoms with Gasteiger partial charge in [-0.3, -0.25) is 0 Å². The minimum absolute atomic E-state index is 0.381. The number of halogens is 3. The van der Waals surface area contributed by atoms with Crippen molar-refractivity contribution in [2.75, 3.05) is 0 Å². The Kier molecular flexibility index (Phi) is 6.69. The zero-order valence-electron chi connectivity index (χ0n) is 16.5. The first-order valence-corrected chi connectivity index (χ1v) is 10.4. The summed E-state index contributed by atoms with van der Waals surface area (Å²) in [5.41, 5.74) is 0.849. The summed E-state index contributed by atoms with van der Waals surface area (Å²) in [6.07, 6.45) is 5.45. The van der Waals surface area contributed by atoms with Crippen LogP contribution in [0.25, 0.3) is 16.8 Å². The summed E-state index contributed by atoms with van der Waals surface area (Å²) in [5, 5.41) is 1.30. The van der Waals surface area contributed by atoms with Crippen LogP contribution >= 0.6 is 0 Å². The van der Waals surface area contributed by atoms with E-state index in [0.29, 0.717) is 29.5 Å². The average molecular weight is 390 g/mol. The molecule has 0 aromatic heterocycles. The molecule has 0 heterocycles. The van der Waals surface area contributed by atoms with Gasteiger partial charge in [-0.15, -0.1) is 0 Å². The van der Waals surface area contributed by atoms with Gasteiger partial charge in [0.1, 0.15) is 0 Å². The van der Waals surface area contributed by atoms with E-state index >= 15 is 0 Å². The van der Waals surface area contributed by atoms with Crippen LogP contribution in [-0.2, 0) is 0 Å². The maximum atomic E-state index is 14.7. The third kappa shape index (κ3) is 4.89. The molecule has 3 rings (SSSR count). The lowest BCUT2D eigenvalue weighted by atomic mass is 9.79. The second-order valence-electron chi connectivity index (χ2n) is 7.97. The Hall–Kier alpha value is -1.97. The Morgan fingerprint density at radius 2 is 1.82 bits per heavy atom. The number of benzene rings is 2. The highest BCUT2D eigenvalue weighted by Crippen LogP contribution is 2.42. The van der Waals surface area contributed by atoms with E-state index in [1.807, 2.05) is 6.07 Å². The molecule has 4 heteroatoms. The van der Waals surface area contributed by atoms with Crippen molar-refractivity contribution >= 4 is 16.8 Å². The van der Waals surface area contributed by atoms with Gasteiger partial charge >= 0.3 is 6.11 Å². The van der Waals surface area contributed by atoms with Gasteiger partial charge in [-0.05, 0) is 66.1 Å². The van der Waals surface area contributed by atoms with Crippen LogP contribution in [0.4, 0.5) is 13.2 Å². The smallest absolute Gasteiger partial charge is 0.400 e. The summed E-state index contributed by atoms with van der Waals surface area (Å²) in [4.78, 5) is 0. The molecule has 0 spiro atoms. The standard InChI is InChI=1S/C24H29F3O/c1-3-5-6-7-18-9-12-21(13-10-18)24(26,27)28-23-16-19-11-8-17(4-2)14-20(19)15-22(23)25/h4,8,11,14-16,18,21H,2-3,5-7,9-10,12-13H2,1H3. The van der Waals surface area contributed by atoms with E-state index in [1.54, 1.807) is 18.2 Å². The van der Waals surface area contributed by atoms with Crippen molar-refractivity contribution in [3.05, 3.63) is 48.3 Å². The van der Waals surface area contributed by atoms with E-state index in [1.165, 1.54) is 31.4 Å². The molecule has 0 N–H and O–H groups in total. The van der Waals surface area contributed by atoms with Crippen LogP contribution in [0.5, 0.6) is 5.75 Å². The summed E-state index contributed by atoms with van der Waals surface area (Å²) in [5.74, 6) is -1.46. The number of ether oxygens (including phenoxy) is 1. The van der Waals surface area contributed by atoms with Gasteiger partial charge in [0.2, 0.25) is 0 Å². The van der Waals surface area contributed by atoms with Crippen molar-refractivity contribution in [1.82, 2.24) is 0 Å². The van der Waals surface area contributed by atoms with Crippen LogP contribution in [0, 0.1) is 17.7 Å². The summed E-state index contributed by atoms with van der Waals surface area (Å²) in [7, 11) is 0. The predicted molar refractivity (Wildman–Crippen MR) is 109 cm³/mol. The van der Waals surface area contributed by atoms with Gasteiger partial charge in [-0.1, -0.05) is 57.4 Å². The van der Waals surface area contributed by atoms with Crippen molar-refractivity contribution in [3.63, 3.8) is 0 Å². The van der Waals surface area contributed by atoms with Gasteiger partial charge in [0.25, 0.3) is 0 Å². The van der Waals surface area contributed by atoms with E-state index in [-0.39, 0.29) is 5.75 Å². The van der Waals surface area contributed by atoms with Crippen LogP contribution in [0.2, 0.25) is 0 Å². The van der Waals surface area contributed by atoms with Gasteiger partial charge in [0.05, 0.1) is 5.92 Å². The zero-order chi connectivity index (χ0) is 20.1. The molecule has 1 nitrogen and oxygen atoms in total. The second-order valence-corrected chi connectivity index (χ2v) is 7.97. The minimum Gasteiger partial charge on any atom is -0.429 e. The zero-order valence-corrected chi connectivity index (χ0v) is 16.5. The fraction of sp³-hybridized carbons (Fsp3) is 0.500. The Morgan fingerprint density at radius 3 is 2.50 bits per heavy atom. The van der Waals surface area contributed by atoms with Crippen LogP contribution in [0.1, 0.15) is 63.9 Å². The van der Waals surface area contributed by atoms with Crippen LogP contribution in [0.15, 0.2) is 36.9 Å². The summed E-state index contributed by atoms with van der Waals surface area (Å²) in [6.45, 7) is 5.85. The normalized spacial score (nSPS) is 20.3. The Balaban J connectivity index is 1.67. The molecular formula is C24H29F3O. The summed E-state index contributed by atoms with van der Waals surface area (Å²) in [6, 6.07) is 7.96. The molecule has 0 radical (unpaired) electrons. The molecule has 1 saturated carbocycles. The first-order chi connectivity index (χ1) is 13.4. The van der Waals surface area contributed by atoms with Crippen molar-refractivity contribution in [1.29, 1.82) is 0 Å². The van der Waals surface area contributed by atoms with Crippen molar-refractivity contribution in [2.45, 2.75) is 64.4 Å². The van der Waals surface area contributed by atoms with Gasteiger partial charge in [0, 0.05) is 0 Å². The highest BCUT2D eigenvalue weighted by Gasteiger charge is 2.44. The molecule has 0 atom stereocenters. The lowest BCUT2D eigenvalue weighted by Crippen LogP contribution is -2.37. The van der Waals surface area contributed by atoms with Crippen LogP contribution in [-0.4, -0.2) is 6.11 Å². The molecular weight excluding hydrogens is 361 g/mol. The van der Waals surface area contributed by atoms with E-state index < -0.39 is 17.8 Å². The molecule has 1 fully saturated rings. The van der Waals surface area contributed by atoms with Gasteiger partial charge in [-0.2, -0.15) is 8.78 Å². The highest BCUT2D eigenvalue weighted by atomic mass is 19.3. The van der Waals surface area contributed by atoms with E-state index in [9.17, 15) is 13.2 Å². The maximum Gasteiger partial charge on any atom is 0.400 e. The third-order valence-electron chi connectivity index (χ3n) is 5.93. The number of unbranched alkanes of at least 4 members (excludes halogenated alkanes) is 2. The van der Waals surface area contributed by atoms with E-state index in [4.69, 9.17) is 4.74 Å². The third-order valence-corrected chi connectivity index (χ3v) is 5.93. The molecule has 1 aliphatic rings. The van der Waals surface area contributed by atoms with Crippen LogP contribution in [0.3, 0.4) is 0 Å². The molecule has 0 amide bonds. The number of hydrogen-bond donors (Lipinski definition) is 0. The summed E-state index contributed by atoms with van der Waals surface area (Å²) < 4.78 is 48.8. The second kappa shape index (κ2) is 9.02. The molecule has 0 aliphatic heterocycles. The van der Waals surface area contributed by atoms with Crippen molar-refractivity contribution in [3.8, 4) is 5.75 Å². The van der Waals surface area contributed by atoms with E-state index in [2.05, 4.69) is 13.5 Å². The largest absolute Gasteiger partial charge is 0.429 e. The molecule has 1 aliphatic carbocycles. The molecule has 28 heavy (non-hydrogen) atoms. The number of alkyl halides is 2. The van der Waals surface area contributed by atoms with Gasteiger partial charge in [0.15, 0.2) is 11.6 Å². The topological polar surface area (TPSA) is 9.23 Å². The number of rotatable bonds is 8. The van der Waals surface area contributed by atoms with Gasteiger partial charge < -0.3 is 4.74 Å². The first-order valence-electron chi connectivity index (χ1n) is 10.4. The predicted octanol–water partition coefficient (Wildman–Crippen LogP) is 7.98. The fourth-order valence-corrected chi connectivity index (χ4v) is 4.17. The van der Waals surface area contributed by atoms with Gasteiger partial charge in [-0.25, -0.2) is 4.39 Å². The summed E-state index contributed by atoms with van der Waals surface area (Å²) >= 11 is 0. The number of hydrogen-bond acceptors (Lipinski definition) is 1. The maximum absolute atomic E-state index is 14.7. The highest BCUT2D eigenvalue weighted by molar-refractivity contribution is 5.86. The quantitative estimate of drug-likeness (QED) is 0.415. The number of fused-ring (bicyclic) bond motifs is 1. The SMILES string of the molecule is C=Cc1ccc2cc(OC(F)(F)C3CCC(CCCCC)CC3)c(F)cc2c1. The molecule has 152 valence electrons. The Labute approximate surface area is 165 Å². The van der Waals surface area contributed by atoms with E-state index in [0.717, 1.165) is 24.8 Å². The van der Waals surface area contributed by atoms with Crippen molar-refractivity contribution in [2.24, 2.45) is 11.8 Å². The Morgan fingerprint density at radius 1 is 1.07 bits per heavy atom. The molecule has 0 saturated heterocycles. The monoisotopic (exact) mass is 390 g/mol. The molecule has 2 aromatic carbocycles. The first kappa shape index (κ1) is 20.8. The lowest BCUT2D eigenvalue weighted by molar-refractivity contribution is -0.224. The molecule has 0 bridgehead atoms. The minimum atomic E-state index is -3.36. The molecule has 0 unspecified atom stereocenters.